The first-order valence-electron chi connectivity index (χ1n) is 10.6. The molecule has 2 aliphatic rings. The van der Waals surface area contributed by atoms with Gasteiger partial charge in [0.1, 0.15) is 11.6 Å². The first-order chi connectivity index (χ1) is 14.2. The number of hydrogen-bond donors (Lipinski definition) is 1. The van der Waals surface area contributed by atoms with E-state index in [0.717, 1.165) is 36.1 Å². The molecule has 7 heteroatoms. The number of carbonyl (C=O) groups is 1. The van der Waals surface area contributed by atoms with Crippen LogP contribution < -0.4 is 10.2 Å². The van der Waals surface area contributed by atoms with E-state index in [0.29, 0.717) is 25.7 Å². The summed E-state index contributed by atoms with van der Waals surface area (Å²) in [5.74, 6) is 2.52. The molecule has 1 saturated heterocycles. The molecule has 4 rings (SSSR count). The number of ether oxygens (including phenoxy) is 1. The molecule has 0 spiro atoms. The summed E-state index contributed by atoms with van der Waals surface area (Å²) in [4.78, 5) is 25.6. The summed E-state index contributed by atoms with van der Waals surface area (Å²) in [7, 11) is 0. The molecule has 1 saturated carbocycles. The second-order valence-corrected chi connectivity index (χ2v) is 7.60. The molecule has 0 atom stereocenters. The van der Waals surface area contributed by atoms with E-state index in [1.165, 1.54) is 25.7 Å². The van der Waals surface area contributed by atoms with Crippen LogP contribution in [0.3, 0.4) is 0 Å². The lowest BCUT2D eigenvalue weighted by molar-refractivity contribution is 0.105. The lowest BCUT2D eigenvalue weighted by atomic mass is 10.2. The maximum Gasteiger partial charge on any atom is 0.409 e. The van der Waals surface area contributed by atoms with Gasteiger partial charge in [0, 0.05) is 43.9 Å². The highest BCUT2D eigenvalue weighted by Gasteiger charge is 2.24. The van der Waals surface area contributed by atoms with E-state index in [9.17, 15) is 4.79 Å². The van der Waals surface area contributed by atoms with E-state index >= 15 is 0 Å². The second-order valence-electron chi connectivity index (χ2n) is 7.60. The number of carbonyl (C=O) groups excluding carboxylic acids is 1. The molecule has 1 aliphatic heterocycles. The first-order valence-corrected chi connectivity index (χ1v) is 10.6. The summed E-state index contributed by atoms with van der Waals surface area (Å²) in [5.41, 5.74) is 1.01. The van der Waals surface area contributed by atoms with Gasteiger partial charge in [-0.25, -0.2) is 14.8 Å². The molecule has 0 unspecified atom stereocenters. The third-order valence-electron chi connectivity index (χ3n) is 5.58. The molecule has 29 heavy (non-hydrogen) atoms. The Morgan fingerprint density at radius 3 is 2.52 bits per heavy atom. The average Bonchev–Trinajstić information content (AvgIpc) is 3.27. The summed E-state index contributed by atoms with van der Waals surface area (Å²) < 4.78 is 5.13. The van der Waals surface area contributed by atoms with Crippen LogP contribution in [0.4, 0.5) is 16.4 Å². The smallest absolute Gasteiger partial charge is 0.409 e. The van der Waals surface area contributed by atoms with Gasteiger partial charge in [-0.15, -0.1) is 0 Å². The molecule has 154 valence electrons. The Kier molecular flexibility index (Phi) is 6.12. The monoisotopic (exact) mass is 395 g/mol. The van der Waals surface area contributed by atoms with Crippen LogP contribution in [0.15, 0.2) is 36.4 Å². The minimum absolute atomic E-state index is 0.233. The van der Waals surface area contributed by atoms with Crippen molar-refractivity contribution >= 4 is 17.7 Å². The fourth-order valence-electron chi connectivity index (χ4n) is 4.00. The molecule has 1 aliphatic carbocycles. The van der Waals surface area contributed by atoms with E-state index in [4.69, 9.17) is 14.7 Å². The Bertz CT molecular complexity index is 815. The van der Waals surface area contributed by atoms with Crippen LogP contribution >= 0.6 is 0 Å². The molecular formula is C22H29N5O2. The number of nitrogens with one attached hydrogen (secondary N) is 1. The van der Waals surface area contributed by atoms with Gasteiger partial charge in [0.15, 0.2) is 5.82 Å². The van der Waals surface area contributed by atoms with E-state index < -0.39 is 0 Å². The second kappa shape index (κ2) is 9.11. The molecular weight excluding hydrogens is 366 g/mol. The Labute approximate surface area is 172 Å². The Balaban J connectivity index is 1.54. The number of benzene rings is 1. The number of anilines is 2. The molecule has 2 fully saturated rings. The zero-order valence-corrected chi connectivity index (χ0v) is 17.0. The topological polar surface area (TPSA) is 70.6 Å². The third kappa shape index (κ3) is 4.78. The highest BCUT2D eigenvalue weighted by Crippen LogP contribution is 2.26. The number of aromatic nitrogens is 2. The van der Waals surface area contributed by atoms with Gasteiger partial charge in [-0.3, -0.25) is 0 Å². The van der Waals surface area contributed by atoms with Crippen molar-refractivity contribution in [2.24, 2.45) is 0 Å². The molecule has 7 nitrogen and oxygen atoms in total. The molecule has 1 N–H and O–H groups in total. The molecule has 0 bridgehead atoms. The van der Waals surface area contributed by atoms with Crippen LogP contribution in [-0.4, -0.2) is 59.8 Å². The van der Waals surface area contributed by atoms with Crippen molar-refractivity contribution < 1.29 is 9.53 Å². The third-order valence-corrected chi connectivity index (χ3v) is 5.58. The molecule has 2 heterocycles. The summed E-state index contributed by atoms with van der Waals surface area (Å²) in [6.07, 6.45) is 4.70. The predicted octanol–water partition coefficient (Wildman–Crippen LogP) is 3.78. The minimum atomic E-state index is -0.233. The van der Waals surface area contributed by atoms with E-state index in [1.807, 2.05) is 43.3 Å². The number of amides is 1. The maximum atomic E-state index is 12.0. The minimum Gasteiger partial charge on any atom is -0.450 e. The van der Waals surface area contributed by atoms with Crippen molar-refractivity contribution in [3.8, 4) is 11.4 Å². The van der Waals surface area contributed by atoms with E-state index in [-0.39, 0.29) is 6.09 Å². The van der Waals surface area contributed by atoms with Gasteiger partial charge in [0.25, 0.3) is 0 Å². The van der Waals surface area contributed by atoms with Crippen LogP contribution in [0, 0.1) is 0 Å². The van der Waals surface area contributed by atoms with E-state index in [2.05, 4.69) is 10.2 Å². The van der Waals surface area contributed by atoms with Gasteiger partial charge in [-0.05, 0) is 19.8 Å². The van der Waals surface area contributed by atoms with Crippen molar-refractivity contribution in [3.63, 3.8) is 0 Å². The molecule has 2 aromatic rings. The molecule has 1 aromatic heterocycles. The SMILES string of the molecule is CCOC(=O)N1CCN(c2cc(NC3CCCC3)nc(-c3ccccc3)n2)CC1. The van der Waals surface area contributed by atoms with Crippen LogP contribution in [0.25, 0.3) is 11.4 Å². The van der Waals surface area contributed by atoms with Crippen molar-refractivity contribution in [2.75, 3.05) is 43.0 Å². The number of hydrogen-bond acceptors (Lipinski definition) is 6. The largest absolute Gasteiger partial charge is 0.450 e. The summed E-state index contributed by atoms with van der Waals surface area (Å²) >= 11 is 0. The average molecular weight is 396 g/mol. The van der Waals surface area contributed by atoms with Crippen LogP contribution in [0.1, 0.15) is 32.6 Å². The number of piperazine rings is 1. The van der Waals surface area contributed by atoms with Crippen molar-refractivity contribution in [3.05, 3.63) is 36.4 Å². The quantitative estimate of drug-likeness (QED) is 0.831. The molecule has 0 radical (unpaired) electrons. The van der Waals surface area contributed by atoms with Gasteiger partial charge in [-0.1, -0.05) is 43.2 Å². The zero-order valence-electron chi connectivity index (χ0n) is 17.0. The number of rotatable bonds is 5. The predicted molar refractivity (Wildman–Crippen MR) is 114 cm³/mol. The van der Waals surface area contributed by atoms with Gasteiger partial charge < -0.3 is 19.9 Å². The van der Waals surface area contributed by atoms with Crippen molar-refractivity contribution in [1.82, 2.24) is 14.9 Å². The standard InChI is InChI=1S/C22H29N5O2/c1-2-29-22(28)27-14-12-26(13-15-27)20-16-19(23-18-10-6-7-11-18)24-21(25-20)17-8-4-3-5-9-17/h3-5,8-9,16,18H,2,6-7,10-15H2,1H3,(H,23,24,25). The fraction of sp³-hybridized carbons (Fsp3) is 0.500. The van der Waals surface area contributed by atoms with Crippen molar-refractivity contribution in [1.29, 1.82) is 0 Å². The van der Waals surface area contributed by atoms with Crippen molar-refractivity contribution in [2.45, 2.75) is 38.6 Å². The summed E-state index contributed by atoms with van der Waals surface area (Å²) in [5, 5.41) is 3.61. The van der Waals surface area contributed by atoms with Crippen LogP contribution in [0.5, 0.6) is 0 Å². The molecule has 1 aromatic carbocycles. The maximum absolute atomic E-state index is 12.0. The lowest BCUT2D eigenvalue weighted by Crippen LogP contribution is -2.49. The first kappa shape index (κ1) is 19.5. The van der Waals surface area contributed by atoms with E-state index in [1.54, 1.807) is 4.90 Å². The normalized spacial score (nSPS) is 17.4. The highest BCUT2D eigenvalue weighted by molar-refractivity contribution is 5.68. The summed E-state index contributed by atoms with van der Waals surface area (Å²) in [6.45, 7) is 4.96. The van der Waals surface area contributed by atoms with Crippen LogP contribution in [0.2, 0.25) is 0 Å². The van der Waals surface area contributed by atoms with Gasteiger partial charge >= 0.3 is 6.09 Å². The van der Waals surface area contributed by atoms with Gasteiger partial charge in [0.05, 0.1) is 6.61 Å². The Hall–Kier alpha value is -2.83. The number of nitrogens with zero attached hydrogens (tertiary/aromatic N) is 4. The summed E-state index contributed by atoms with van der Waals surface area (Å²) in [6, 6.07) is 12.6. The Morgan fingerprint density at radius 1 is 1.10 bits per heavy atom. The zero-order chi connectivity index (χ0) is 20.1. The van der Waals surface area contributed by atoms with Gasteiger partial charge in [-0.2, -0.15) is 0 Å². The fourth-order valence-corrected chi connectivity index (χ4v) is 4.00. The molecule has 1 amide bonds. The highest BCUT2D eigenvalue weighted by atomic mass is 16.6. The Morgan fingerprint density at radius 2 is 1.83 bits per heavy atom. The van der Waals surface area contributed by atoms with Gasteiger partial charge in [0.2, 0.25) is 0 Å². The lowest BCUT2D eigenvalue weighted by Gasteiger charge is -2.35. The van der Waals surface area contributed by atoms with Crippen LogP contribution in [-0.2, 0) is 4.74 Å².